The van der Waals surface area contributed by atoms with E-state index in [1.54, 1.807) is 0 Å². The second kappa shape index (κ2) is 4.69. The molecule has 1 nitrogen and oxygen atoms in total. The number of rotatable bonds is 2. The Labute approximate surface area is 96.2 Å². The number of benzene rings is 1. The number of nitrogens with zero attached hydrogens (tertiary/aromatic N) is 1. The van der Waals surface area contributed by atoms with Crippen molar-refractivity contribution in [2.24, 2.45) is 4.99 Å². The van der Waals surface area contributed by atoms with E-state index in [9.17, 15) is 0 Å². The Morgan fingerprint density at radius 3 is 2.33 bits per heavy atom. The SMILES string of the molecule is S=C=NC1(c2ccccc2)CCCCC1. The third-order valence-corrected chi connectivity index (χ3v) is 3.34. The Morgan fingerprint density at radius 2 is 1.73 bits per heavy atom. The van der Waals surface area contributed by atoms with Crippen molar-refractivity contribution in [2.45, 2.75) is 37.6 Å². The minimum Gasteiger partial charge on any atom is -0.221 e. The van der Waals surface area contributed by atoms with Crippen LogP contribution < -0.4 is 0 Å². The summed E-state index contributed by atoms with van der Waals surface area (Å²) in [5.41, 5.74) is 1.23. The molecule has 2 heteroatoms. The fourth-order valence-corrected chi connectivity index (χ4v) is 2.61. The highest BCUT2D eigenvalue weighted by Crippen LogP contribution is 2.40. The maximum Gasteiger partial charge on any atom is 0.0959 e. The summed E-state index contributed by atoms with van der Waals surface area (Å²) in [6, 6.07) is 10.5. The van der Waals surface area contributed by atoms with Crippen LogP contribution in [0.25, 0.3) is 0 Å². The summed E-state index contributed by atoms with van der Waals surface area (Å²) < 4.78 is 0. The first-order chi connectivity index (χ1) is 7.37. The van der Waals surface area contributed by atoms with E-state index in [4.69, 9.17) is 12.2 Å². The molecule has 0 atom stereocenters. The van der Waals surface area contributed by atoms with Crippen molar-refractivity contribution in [3.8, 4) is 0 Å². The molecule has 0 radical (unpaired) electrons. The molecule has 0 N–H and O–H groups in total. The molecule has 15 heavy (non-hydrogen) atoms. The quantitative estimate of drug-likeness (QED) is 0.539. The average molecular weight is 217 g/mol. The minimum atomic E-state index is -0.0682. The van der Waals surface area contributed by atoms with Gasteiger partial charge in [0, 0.05) is 0 Å². The van der Waals surface area contributed by atoms with Crippen LogP contribution in [0.4, 0.5) is 0 Å². The third kappa shape index (κ3) is 2.17. The Bertz CT molecular complexity index is 359. The number of hydrogen-bond acceptors (Lipinski definition) is 2. The van der Waals surface area contributed by atoms with Crippen molar-refractivity contribution in [2.75, 3.05) is 0 Å². The summed E-state index contributed by atoms with van der Waals surface area (Å²) in [5.74, 6) is 0. The molecule has 1 fully saturated rings. The van der Waals surface area contributed by atoms with Gasteiger partial charge in [-0.2, -0.15) is 0 Å². The van der Waals surface area contributed by atoms with Crippen LogP contribution in [0, 0.1) is 0 Å². The van der Waals surface area contributed by atoms with Gasteiger partial charge in [0.15, 0.2) is 0 Å². The van der Waals surface area contributed by atoms with Crippen LogP contribution in [0.1, 0.15) is 37.7 Å². The van der Waals surface area contributed by atoms with E-state index in [1.165, 1.54) is 24.8 Å². The highest BCUT2D eigenvalue weighted by Gasteiger charge is 2.32. The number of isothiocyanates is 1. The molecule has 1 aromatic carbocycles. The minimum absolute atomic E-state index is 0.0682. The van der Waals surface area contributed by atoms with Crippen LogP contribution in [0.15, 0.2) is 35.3 Å². The molecular formula is C13H15NS. The Hall–Kier alpha value is -0.980. The summed E-state index contributed by atoms with van der Waals surface area (Å²) in [6.07, 6.45) is 6.04. The Morgan fingerprint density at radius 1 is 1.07 bits per heavy atom. The molecule has 1 aliphatic rings. The maximum absolute atomic E-state index is 4.79. The monoisotopic (exact) mass is 217 g/mol. The zero-order valence-corrected chi connectivity index (χ0v) is 9.59. The van der Waals surface area contributed by atoms with Crippen molar-refractivity contribution in [3.63, 3.8) is 0 Å². The number of aliphatic imine (C=N–C) groups is 1. The largest absolute Gasteiger partial charge is 0.221 e. The zero-order chi connectivity index (χ0) is 10.6. The van der Waals surface area contributed by atoms with Crippen molar-refractivity contribution < 1.29 is 0 Å². The van der Waals surface area contributed by atoms with Gasteiger partial charge < -0.3 is 0 Å². The van der Waals surface area contributed by atoms with Crippen LogP contribution in [0.3, 0.4) is 0 Å². The molecule has 0 saturated heterocycles. The molecule has 0 amide bonds. The number of hydrogen-bond donors (Lipinski definition) is 0. The molecular weight excluding hydrogens is 202 g/mol. The summed E-state index contributed by atoms with van der Waals surface area (Å²) >= 11 is 4.79. The normalized spacial score (nSPS) is 19.2. The predicted molar refractivity (Wildman–Crippen MR) is 66.2 cm³/mol. The van der Waals surface area contributed by atoms with E-state index in [1.807, 2.05) is 6.07 Å². The molecule has 0 unspecified atom stereocenters. The summed E-state index contributed by atoms with van der Waals surface area (Å²) in [5, 5.41) is 2.59. The molecule has 0 heterocycles. The highest BCUT2D eigenvalue weighted by molar-refractivity contribution is 7.78. The smallest absolute Gasteiger partial charge is 0.0959 e. The lowest BCUT2D eigenvalue weighted by atomic mass is 9.77. The second-order valence-corrected chi connectivity index (χ2v) is 4.34. The Kier molecular flexibility index (Phi) is 3.30. The highest BCUT2D eigenvalue weighted by atomic mass is 32.1. The first kappa shape index (κ1) is 10.5. The first-order valence-electron chi connectivity index (χ1n) is 5.52. The molecule has 1 aromatic rings. The van der Waals surface area contributed by atoms with Crippen LogP contribution in [-0.2, 0) is 5.54 Å². The van der Waals surface area contributed by atoms with Gasteiger partial charge in [0.2, 0.25) is 0 Å². The van der Waals surface area contributed by atoms with E-state index in [2.05, 4.69) is 34.4 Å². The van der Waals surface area contributed by atoms with Gasteiger partial charge in [-0.05, 0) is 30.6 Å². The average Bonchev–Trinajstić information content (AvgIpc) is 2.32. The lowest BCUT2D eigenvalue weighted by molar-refractivity contribution is 0.307. The molecule has 1 aliphatic carbocycles. The fourth-order valence-electron chi connectivity index (χ4n) is 2.44. The Balaban J connectivity index is 2.37. The molecule has 1 saturated carbocycles. The standard InChI is InChI=1S/C13H15NS/c15-11-14-13(9-5-2-6-10-13)12-7-3-1-4-8-12/h1,3-4,7-8H,2,5-6,9-10H2. The van der Waals surface area contributed by atoms with Crippen LogP contribution in [0.5, 0.6) is 0 Å². The fraction of sp³-hybridized carbons (Fsp3) is 0.462. The van der Waals surface area contributed by atoms with Crippen LogP contribution in [-0.4, -0.2) is 5.16 Å². The molecule has 2 rings (SSSR count). The van der Waals surface area contributed by atoms with Gasteiger partial charge in [-0.25, -0.2) is 4.99 Å². The molecule has 78 valence electrons. The zero-order valence-electron chi connectivity index (χ0n) is 8.78. The van der Waals surface area contributed by atoms with Crippen LogP contribution >= 0.6 is 12.2 Å². The van der Waals surface area contributed by atoms with Gasteiger partial charge in [0.25, 0.3) is 0 Å². The number of thiocarbonyl (C=S) groups is 1. The van der Waals surface area contributed by atoms with E-state index in [0.717, 1.165) is 12.8 Å². The first-order valence-corrected chi connectivity index (χ1v) is 5.93. The summed E-state index contributed by atoms with van der Waals surface area (Å²) in [4.78, 5) is 4.45. The lowest BCUT2D eigenvalue weighted by Crippen LogP contribution is -2.26. The maximum atomic E-state index is 4.79. The molecule has 0 aromatic heterocycles. The van der Waals surface area contributed by atoms with Gasteiger partial charge in [-0.1, -0.05) is 49.6 Å². The van der Waals surface area contributed by atoms with Gasteiger partial charge >= 0.3 is 0 Å². The van der Waals surface area contributed by atoms with Gasteiger partial charge in [0.1, 0.15) is 0 Å². The van der Waals surface area contributed by atoms with Gasteiger partial charge in [0.05, 0.1) is 10.7 Å². The molecule has 0 bridgehead atoms. The third-order valence-electron chi connectivity index (χ3n) is 3.25. The van der Waals surface area contributed by atoms with Crippen molar-refractivity contribution in [1.82, 2.24) is 0 Å². The van der Waals surface area contributed by atoms with E-state index >= 15 is 0 Å². The van der Waals surface area contributed by atoms with E-state index < -0.39 is 0 Å². The van der Waals surface area contributed by atoms with Crippen LogP contribution in [0.2, 0.25) is 0 Å². The molecule has 0 spiro atoms. The van der Waals surface area contributed by atoms with E-state index in [-0.39, 0.29) is 5.54 Å². The van der Waals surface area contributed by atoms with Crippen molar-refractivity contribution in [3.05, 3.63) is 35.9 Å². The summed E-state index contributed by atoms with van der Waals surface area (Å²) in [7, 11) is 0. The lowest BCUT2D eigenvalue weighted by Gasteiger charge is -2.32. The summed E-state index contributed by atoms with van der Waals surface area (Å²) in [6.45, 7) is 0. The van der Waals surface area contributed by atoms with Crippen molar-refractivity contribution >= 4 is 17.4 Å². The van der Waals surface area contributed by atoms with Crippen molar-refractivity contribution in [1.29, 1.82) is 0 Å². The van der Waals surface area contributed by atoms with Gasteiger partial charge in [-0.15, -0.1) is 0 Å². The molecule has 0 aliphatic heterocycles. The second-order valence-electron chi connectivity index (χ2n) is 4.16. The predicted octanol–water partition coefficient (Wildman–Crippen LogP) is 3.95. The van der Waals surface area contributed by atoms with Gasteiger partial charge in [-0.3, -0.25) is 0 Å². The topological polar surface area (TPSA) is 12.4 Å². The van der Waals surface area contributed by atoms with E-state index in [0.29, 0.717) is 0 Å².